The number of hydrogen-bond donors (Lipinski definition) is 3. The third kappa shape index (κ3) is 3.88. The maximum atomic E-state index is 11.1. The van der Waals surface area contributed by atoms with Gasteiger partial charge in [0.25, 0.3) is 0 Å². The molecule has 0 amide bonds. The van der Waals surface area contributed by atoms with Crippen molar-refractivity contribution >= 4 is 24.6 Å². The molecule has 126 valence electrons. The lowest BCUT2D eigenvalue weighted by Crippen LogP contribution is -2.08. The Morgan fingerprint density at radius 1 is 1.25 bits per heavy atom. The summed E-state index contributed by atoms with van der Waals surface area (Å²) in [7, 11) is -4.10. The second-order valence-electron chi connectivity index (χ2n) is 5.19. The molecule has 24 heavy (non-hydrogen) atoms. The Hall–Kier alpha value is -2.48. The van der Waals surface area contributed by atoms with Gasteiger partial charge in [0.2, 0.25) is 0 Å². The van der Waals surface area contributed by atoms with Crippen molar-refractivity contribution < 1.29 is 19.1 Å². The molecule has 0 unspecified atom stereocenters. The van der Waals surface area contributed by atoms with E-state index in [0.717, 1.165) is 0 Å². The lowest BCUT2D eigenvalue weighted by molar-refractivity contribution is 0.299. The first-order chi connectivity index (χ1) is 11.4. The number of nitrogen functional groups attached to an aromatic ring is 1. The van der Waals surface area contributed by atoms with Crippen LogP contribution in [-0.2, 0) is 17.3 Å². The van der Waals surface area contributed by atoms with Gasteiger partial charge in [0.15, 0.2) is 11.5 Å². The largest absolute Gasteiger partial charge is 0.492 e. The van der Waals surface area contributed by atoms with E-state index in [0.29, 0.717) is 41.4 Å². The zero-order chi connectivity index (χ0) is 17.2. The Balaban J connectivity index is 1.65. The fourth-order valence-corrected chi connectivity index (χ4v) is 2.97. The summed E-state index contributed by atoms with van der Waals surface area (Å²) in [5, 5.41) is 0. The van der Waals surface area contributed by atoms with Gasteiger partial charge in [-0.05, 0) is 17.7 Å². The van der Waals surface area contributed by atoms with Gasteiger partial charge in [0, 0.05) is 0 Å². The fraction of sp³-hybridized carbons (Fsp3) is 0.214. The Bertz CT molecular complexity index is 907. The minimum atomic E-state index is -4.10. The average Bonchev–Trinajstić information content (AvgIpc) is 2.91. The van der Waals surface area contributed by atoms with E-state index in [4.69, 9.17) is 20.3 Å². The summed E-state index contributed by atoms with van der Waals surface area (Å²) in [6.07, 6.45) is 2.68. The van der Waals surface area contributed by atoms with Gasteiger partial charge in [-0.25, -0.2) is 15.0 Å². The summed E-state index contributed by atoms with van der Waals surface area (Å²) in [5.74, 6) is 0.865. The van der Waals surface area contributed by atoms with Crippen LogP contribution in [0.5, 0.6) is 5.75 Å². The van der Waals surface area contributed by atoms with Crippen LogP contribution in [-0.4, -0.2) is 35.9 Å². The van der Waals surface area contributed by atoms with Crippen LogP contribution in [0.4, 0.5) is 5.82 Å². The molecule has 0 saturated heterocycles. The first kappa shape index (κ1) is 16.4. The van der Waals surface area contributed by atoms with Gasteiger partial charge in [-0.1, -0.05) is 12.1 Å². The highest BCUT2D eigenvalue weighted by Gasteiger charge is 2.14. The van der Waals surface area contributed by atoms with Crippen molar-refractivity contribution in [3.8, 4) is 5.75 Å². The maximum absolute atomic E-state index is 11.1. The molecule has 0 fully saturated rings. The molecule has 0 radical (unpaired) electrons. The molecule has 0 atom stereocenters. The molecule has 1 aromatic carbocycles. The number of ether oxygens (including phenoxy) is 1. The summed E-state index contributed by atoms with van der Waals surface area (Å²) in [5.41, 5.74) is 7.43. The molecule has 9 nitrogen and oxygen atoms in total. The SMILES string of the molecule is Nc1ncnc2c1ncn2CCOc1cccc(CP(=O)(O)O)c1. The monoisotopic (exact) mass is 349 g/mol. The maximum Gasteiger partial charge on any atom is 0.329 e. The molecule has 2 heterocycles. The third-order valence-electron chi connectivity index (χ3n) is 3.32. The minimum absolute atomic E-state index is 0.313. The van der Waals surface area contributed by atoms with Crippen LogP contribution in [0.3, 0.4) is 0 Å². The Labute approximate surface area is 137 Å². The molecule has 4 N–H and O–H groups in total. The number of anilines is 1. The minimum Gasteiger partial charge on any atom is -0.492 e. The molecule has 3 rings (SSSR count). The molecule has 3 aromatic rings. The van der Waals surface area contributed by atoms with Gasteiger partial charge < -0.3 is 24.8 Å². The van der Waals surface area contributed by atoms with Crippen LogP contribution in [0.15, 0.2) is 36.9 Å². The number of benzene rings is 1. The lowest BCUT2D eigenvalue weighted by Gasteiger charge is -2.09. The summed E-state index contributed by atoms with van der Waals surface area (Å²) in [6, 6.07) is 6.69. The van der Waals surface area contributed by atoms with Crippen LogP contribution >= 0.6 is 7.60 Å². The van der Waals surface area contributed by atoms with Crippen LogP contribution in [0.1, 0.15) is 5.56 Å². The number of fused-ring (bicyclic) bond motifs is 1. The van der Waals surface area contributed by atoms with E-state index < -0.39 is 7.60 Å². The smallest absolute Gasteiger partial charge is 0.329 e. The van der Waals surface area contributed by atoms with E-state index >= 15 is 0 Å². The second kappa shape index (κ2) is 6.56. The molecule has 10 heteroatoms. The molecule has 0 spiro atoms. The fourth-order valence-electron chi connectivity index (χ4n) is 2.30. The second-order valence-corrected chi connectivity index (χ2v) is 6.83. The van der Waals surface area contributed by atoms with Crippen molar-refractivity contribution in [3.63, 3.8) is 0 Å². The number of rotatable bonds is 6. The van der Waals surface area contributed by atoms with Crippen LogP contribution in [0.2, 0.25) is 0 Å². The number of imidazole rings is 1. The van der Waals surface area contributed by atoms with Gasteiger partial charge in [-0.3, -0.25) is 4.57 Å². The molecule has 0 saturated carbocycles. The Morgan fingerprint density at radius 3 is 2.88 bits per heavy atom. The third-order valence-corrected chi connectivity index (χ3v) is 4.09. The number of hydrogen-bond acceptors (Lipinski definition) is 6. The standard InChI is InChI=1S/C14H16N5O4P/c15-13-12-14(17-8-16-13)19(9-18-12)4-5-23-11-3-1-2-10(6-11)7-24(20,21)22/h1-3,6,8-9H,4-5,7H2,(H2,15,16,17)(H2,20,21,22). The molecule has 0 aliphatic heterocycles. The van der Waals surface area contributed by atoms with Gasteiger partial charge in [-0.2, -0.15) is 0 Å². The number of nitrogens with two attached hydrogens (primary N) is 1. The van der Waals surface area contributed by atoms with E-state index in [2.05, 4.69) is 15.0 Å². The summed E-state index contributed by atoms with van der Waals surface area (Å²) >= 11 is 0. The van der Waals surface area contributed by atoms with E-state index in [-0.39, 0.29) is 6.16 Å². The van der Waals surface area contributed by atoms with Gasteiger partial charge in [0.1, 0.15) is 24.2 Å². The highest BCUT2D eigenvalue weighted by molar-refractivity contribution is 7.50. The van der Waals surface area contributed by atoms with Crippen molar-refractivity contribution in [1.29, 1.82) is 0 Å². The predicted octanol–water partition coefficient (Wildman–Crippen LogP) is 1.17. The first-order valence-corrected chi connectivity index (χ1v) is 8.90. The van der Waals surface area contributed by atoms with Crippen molar-refractivity contribution in [2.45, 2.75) is 12.7 Å². The highest BCUT2D eigenvalue weighted by Crippen LogP contribution is 2.39. The molecular weight excluding hydrogens is 333 g/mol. The van der Waals surface area contributed by atoms with E-state index in [1.165, 1.54) is 6.33 Å². The van der Waals surface area contributed by atoms with Crippen LogP contribution in [0, 0.1) is 0 Å². The van der Waals surface area contributed by atoms with Gasteiger partial charge in [0.05, 0.1) is 19.0 Å². The zero-order valence-corrected chi connectivity index (χ0v) is 13.5. The molecule has 0 aliphatic rings. The first-order valence-electron chi connectivity index (χ1n) is 7.10. The average molecular weight is 349 g/mol. The van der Waals surface area contributed by atoms with E-state index in [1.807, 2.05) is 0 Å². The molecular formula is C14H16N5O4P. The van der Waals surface area contributed by atoms with Crippen molar-refractivity contribution in [2.75, 3.05) is 12.3 Å². The Morgan fingerprint density at radius 2 is 2.08 bits per heavy atom. The molecule has 0 aliphatic carbocycles. The lowest BCUT2D eigenvalue weighted by atomic mass is 10.2. The van der Waals surface area contributed by atoms with E-state index in [9.17, 15) is 4.57 Å². The quantitative estimate of drug-likeness (QED) is 0.564. The van der Waals surface area contributed by atoms with Crippen LogP contribution in [0.25, 0.3) is 11.2 Å². The van der Waals surface area contributed by atoms with Crippen molar-refractivity contribution in [1.82, 2.24) is 19.5 Å². The van der Waals surface area contributed by atoms with Gasteiger partial charge >= 0.3 is 7.60 Å². The topological polar surface area (TPSA) is 136 Å². The summed E-state index contributed by atoms with van der Waals surface area (Å²) in [6.45, 7) is 0.838. The van der Waals surface area contributed by atoms with Crippen molar-refractivity contribution in [2.24, 2.45) is 0 Å². The summed E-state index contributed by atoms with van der Waals surface area (Å²) < 4.78 is 18.5. The highest BCUT2D eigenvalue weighted by atomic mass is 31.2. The number of nitrogens with zero attached hydrogens (tertiary/aromatic N) is 4. The zero-order valence-electron chi connectivity index (χ0n) is 12.6. The van der Waals surface area contributed by atoms with Gasteiger partial charge in [-0.15, -0.1) is 0 Å². The summed E-state index contributed by atoms with van der Waals surface area (Å²) in [4.78, 5) is 30.2. The number of aromatic nitrogens is 4. The predicted molar refractivity (Wildman–Crippen MR) is 87.4 cm³/mol. The van der Waals surface area contributed by atoms with Crippen LogP contribution < -0.4 is 10.5 Å². The normalized spacial score (nSPS) is 11.8. The molecule has 0 bridgehead atoms. The molecule has 2 aromatic heterocycles. The van der Waals surface area contributed by atoms with E-state index in [1.54, 1.807) is 35.2 Å². The Kier molecular flexibility index (Phi) is 4.48. The van der Waals surface area contributed by atoms with Crippen molar-refractivity contribution in [3.05, 3.63) is 42.5 Å².